The Morgan fingerprint density at radius 2 is 1.06 bits per heavy atom. The summed E-state index contributed by atoms with van der Waals surface area (Å²) in [6.07, 6.45) is 1.87. The van der Waals surface area contributed by atoms with Crippen LogP contribution >= 0.6 is 0 Å². The van der Waals surface area contributed by atoms with Crippen molar-refractivity contribution >= 4 is 14.4 Å². The summed E-state index contributed by atoms with van der Waals surface area (Å²) in [6.45, 7) is 6.48. The zero-order valence-corrected chi connectivity index (χ0v) is 22.1. The van der Waals surface area contributed by atoms with E-state index < -0.39 is 9.52 Å². The fraction of sp³-hybridized carbons (Fsp3) is 0.219. The van der Waals surface area contributed by atoms with Gasteiger partial charge in [-0.1, -0.05) is 55.8 Å². The van der Waals surface area contributed by atoms with E-state index in [4.69, 9.17) is 9.47 Å². The van der Waals surface area contributed by atoms with E-state index in [9.17, 15) is 4.21 Å². The minimum Gasteiger partial charge on any atom is -0.497 e. The smallest absolute Gasteiger partial charge is 0.127 e. The lowest BCUT2D eigenvalue weighted by atomic mass is 9.78. The number of methoxy groups -OCH3 is 1. The van der Waals surface area contributed by atoms with E-state index in [0.29, 0.717) is 0 Å². The van der Waals surface area contributed by atoms with Crippen molar-refractivity contribution in [2.75, 3.05) is 7.11 Å². The van der Waals surface area contributed by atoms with Gasteiger partial charge in [-0.3, -0.25) is 4.21 Å². The van der Waals surface area contributed by atoms with Gasteiger partial charge in [-0.05, 0) is 96.4 Å². The highest BCUT2D eigenvalue weighted by Crippen LogP contribution is 2.35. The third-order valence-corrected chi connectivity index (χ3v) is 10.1. The maximum absolute atomic E-state index is 14.1. The number of hydrogen-bond acceptors (Lipinski definition) is 3. The Balaban J connectivity index is 1.34. The van der Waals surface area contributed by atoms with Crippen LogP contribution in [0.2, 0.25) is 0 Å². The monoisotopic (exact) mass is 496 g/mol. The summed E-state index contributed by atoms with van der Waals surface area (Å²) < 4.78 is 25.6. The first-order chi connectivity index (χ1) is 17.3. The van der Waals surface area contributed by atoms with Crippen LogP contribution in [-0.2, 0) is 14.9 Å². The second-order valence-electron chi connectivity index (χ2n) is 9.86. The molecule has 4 heteroatoms. The SMILES string of the molecule is COc1ccc(C(C)(C)c2ccc(Oc3ccc(S(=O)(=C4CC4)c4ccc(C)cc4)cc3)cc2)cc1. The van der Waals surface area contributed by atoms with Gasteiger partial charge in [-0.25, -0.2) is 0 Å². The molecule has 4 aromatic carbocycles. The first-order valence-electron chi connectivity index (χ1n) is 12.3. The van der Waals surface area contributed by atoms with Crippen molar-refractivity contribution in [2.45, 2.75) is 48.8 Å². The quantitative estimate of drug-likeness (QED) is 0.245. The molecule has 1 aliphatic carbocycles. The van der Waals surface area contributed by atoms with Crippen LogP contribution in [0.15, 0.2) is 107 Å². The van der Waals surface area contributed by atoms with E-state index in [0.717, 1.165) is 44.7 Å². The number of aryl methyl sites for hydroxylation is 1. The fourth-order valence-electron chi connectivity index (χ4n) is 4.49. The fourth-order valence-corrected chi connectivity index (χ4v) is 7.14. The lowest BCUT2D eigenvalue weighted by Crippen LogP contribution is -2.18. The van der Waals surface area contributed by atoms with Crippen molar-refractivity contribution in [3.8, 4) is 17.2 Å². The molecule has 0 heterocycles. The van der Waals surface area contributed by atoms with Gasteiger partial charge in [0.2, 0.25) is 0 Å². The molecule has 0 saturated heterocycles. The Labute approximate surface area is 214 Å². The second kappa shape index (κ2) is 9.51. The number of rotatable bonds is 7. The summed E-state index contributed by atoms with van der Waals surface area (Å²) in [5, 5.41) is 0. The molecule has 4 aromatic rings. The van der Waals surface area contributed by atoms with Crippen molar-refractivity contribution in [3.05, 3.63) is 114 Å². The molecule has 0 N–H and O–H groups in total. The van der Waals surface area contributed by atoms with E-state index in [1.165, 1.54) is 16.7 Å². The van der Waals surface area contributed by atoms with Crippen molar-refractivity contribution in [1.82, 2.24) is 0 Å². The largest absolute Gasteiger partial charge is 0.497 e. The zero-order valence-electron chi connectivity index (χ0n) is 21.3. The Morgan fingerprint density at radius 3 is 1.50 bits per heavy atom. The van der Waals surface area contributed by atoms with Crippen LogP contribution in [0.1, 0.15) is 43.4 Å². The molecule has 0 radical (unpaired) electrons. The molecule has 0 aliphatic heterocycles. The molecule has 5 rings (SSSR count). The molecule has 184 valence electrons. The molecule has 0 bridgehead atoms. The van der Waals surface area contributed by atoms with Gasteiger partial charge in [-0.2, -0.15) is 0 Å². The van der Waals surface area contributed by atoms with Crippen LogP contribution in [0.25, 0.3) is 0 Å². The lowest BCUT2D eigenvalue weighted by Gasteiger charge is -2.26. The molecule has 1 unspecified atom stereocenters. The van der Waals surface area contributed by atoms with Gasteiger partial charge < -0.3 is 9.47 Å². The maximum atomic E-state index is 14.1. The summed E-state index contributed by atoms with van der Waals surface area (Å²) in [5.41, 5.74) is 3.44. The standard InChI is InChI=1S/C32H32O3S/c1-23-5-17-29(18-6-23)36(33,31-21-22-31)30-19-15-28(16-20-30)35-27-13-9-25(10-14-27)32(2,3)24-7-11-26(34-4)12-8-24/h5-20H,21-22H2,1-4H3. The van der Waals surface area contributed by atoms with Crippen molar-refractivity contribution < 1.29 is 13.7 Å². The molecule has 0 amide bonds. The van der Waals surface area contributed by atoms with E-state index in [2.05, 4.69) is 45.0 Å². The highest BCUT2D eigenvalue weighted by atomic mass is 32.2. The molecule has 0 aromatic heterocycles. The van der Waals surface area contributed by atoms with Crippen molar-refractivity contribution in [2.24, 2.45) is 0 Å². The summed E-state index contributed by atoms with van der Waals surface area (Å²) in [6, 6.07) is 32.3. The molecule has 1 fully saturated rings. The summed E-state index contributed by atoms with van der Waals surface area (Å²) >= 11 is 0. The predicted octanol–water partition coefficient (Wildman–Crippen LogP) is 7.79. The van der Waals surface area contributed by atoms with Gasteiger partial charge in [0.1, 0.15) is 17.2 Å². The molecule has 1 atom stereocenters. The molecule has 0 spiro atoms. The lowest BCUT2D eigenvalue weighted by molar-refractivity contribution is 0.414. The predicted molar refractivity (Wildman–Crippen MR) is 148 cm³/mol. The van der Waals surface area contributed by atoms with E-state index in [1.54, 1.807) is 7.11 Å². The average Bonchev–Trinajstić information content (AvgIpc) is 3.76. The third kappa shape index (κ3) is 4.66. The minimum atomic E-state index is -2.36. The van der Waals surface area contributed by atoms with Crippen molar-refractivity contribution in [1.29, 1.82) is 0 Å². The molecule has 36 heavy (non-hydrogen) atoms. The first kappa shape index (κ1) is 24.2. The summed E-state index contributed by atoms with van der Waals surface area (Å²) in [7, 11) is -0.677. The van der Waals surface area contributed by atoms with Gasteiger partial charge in [-0.15, -0.1) is 0 Å². The number of ether oxygens (including phenoxy) is 2. The van der Waals surface area contributed by atoms with E-state index in [1.807, 2.05) is 72.8 Å². The van der Waals surface area contributed by atoms with Crippen LogP contribution in [0.4, 0.5) is 0 Å². The van der Waals surface area contributed by atoms with Gasteiger partial charge >= 0.3 is 0 Å². The third-order valence-electron chi connectivity index (χ3n) is 6.99. The molecule has 1 aliphatic rings. The normalized spacial score (nSPS) is 14.7. The van der Waals surface area contributed by atoms with Crippen LogP contribution in [0, 0.1) is 6.92 Å². The Bertz CT molecular complexity index is 1470. The van der Waals surface area contributed by atoms with Crippen LogP contribution in [0.5, 0.6) is 17.2 Å². The molecular weight excluding hydrogens is 464 g/mol. The average molecular weight is 497 g/mol. The van der Waals surface area contributed by atoms with Crippen molar-refractivity contribution in [3.63, 3.8) is 0 Å². The number of benzene rings is 4. The van der Waals surface area contributed by atoms with E-state index in [-0.39, 0.29) is 5.41 Å². The molecule has 3 nitrogen and oxygen atoms in total. The zero-order chi connectivity index (χ0) is 25.3. The summed E-state index contributed by atoms with van der Waals surface area (Å²) in [5.74, 6) is 2.36. The Morgan fingerprint density at radius 1 is 0.639 bits per heavy atom. The Hall–Kier alpha value is -3.50. The second-order valence-corrected chi connectivity index (χ2v) is 12.5. The molecular formula is C32H32O3S. The first-order valence-corrected chi connectivity index (χ1v) is 13.9. The van der Waals surface area contributed by atoms with Crippen LogP contribution in [0.3, 0.4) is 0 Å². The van der Waals surface area contributed by atoms with Crippen LogP contribution in [-0.4, -0.2) is 16.2 Å². The number of hydrogen-bond donors (Lipinski definition) is 0. The maximum Gasteiger partial charge on any atom is 0.127 e. The van der Waals surface area contributed by atoms with Crippen LogP contribution < -0.4 is 9.47 Å². The highest BCUT2D eigenvalue weighted by molar-refractivity contribution is 8.03. The van der Waals surface area contributed by atoms with E-state index >= 15 is 0 Å². The topological polar surface area (TPSA) is 35.5 Å². The Kier molecular flexibility index (Phi) is 6.40. The minimum absolute atomic E-state index is 0.150. The van der Waals surface area contributed by atoms with Gasteiger partial charge in [0, 0.05) is 24.7 Å². The van der Waals surface area contributed by atoms with Gasteiger partial charge in [0.25, 0.3) is 0 Å². The van der Waals surface area contributed by atoms with Gasteiger partial charge in [0.05, 0.1) is 7.11 Å². The van der Waals surface area contributed by atoms with Gasteiger partial charge in [0.15, 0.2) is 0 Å². The highest BCUT2D eigenvalue weighted by Gasteiger charge is 2.27. The summed E-state index contributed by atoms with van der Waals surface area (Å²) in [4.78, 5) is 2.88. The molecule has 1 saturated carbocycles.